The molecule has 0 aromatic carbocycles. The quantitative estimate of drug-likeness (QED) is 0.478. The Labute approximate surface area is 146 Å². The van der Waals surface area contributed by atoms with E-state index in [-0.39, 0.29) is 16.9 Å². The standard InChI is InChI=1S/C16H24FIN2OSi/c1-11(10-21-22(5,6)16(2,3)4)20-9-14(18)12-7-19-8-13(17)15(12)20/h7-9,11H,10H2,1-6H3. The second-order valence-electron chi connectivity index (χ2n) is 7.32. The first kappa shape index (κ1) is 17.9. The van der Waals surface area contributed by atoms with E-state index >= 15 is 0 Å². The molecule has 1 unspecified atom stereocenters. The van der Waals surface area contributed by atoms with Crippen molar-refractivity contribution in [3.05, 3.63) is 28.0 Å². The summed E-state index contributed by atoms with van der Waals surface area (Å²) in [6.45, 7) is 13.8. The molecule has 0 radical (unpaired) electrons. The van der Waals surface area contributed by atoms with Crippen LogP contribution in [0.3, 0.4) is 0 Å². The zero-order valence-corrected chi connectivity index (χ0v) is 17.2. The SMILES string of the molecule is CC(CO[Si](C)(C)C(C)(C)C)n1cc(I)c2cncc(F)c21. The molecule has 0 spiro atoms. The molecule has 1 atom stereocenters. The lowest BCUT2D eigenvalue weighted by molar-refractivity contribution is 0.241. The van der Waals surface area contributed by atoms with Crippen LogP contribution in [0.15, 0.2) is 18.6 Å². The molecule has 2 rings (SSSR count). The first-order valence-corrected chi connectivity index (χ1v) is 11.5. The van der Waals surface area contributed by atoms with Crippen molar-refractivity contribution in [2.75, 3.05) is 6.61 Å². The number of fused-ring (bicyclic) bond motifs is 1. The maximum atomic E-state index is 14.2. The van der Waals surface area contributed by atoms with E-state index in [2.05, 4.69) is 68.4 Å². The molecule has 0 saturated carbocycles. The highest BCUT2D eigenvalue weighted by Gasteiger charge is 2.37. The lowest BCUT2D eigenvalue weighted by Crippen LogP contribution is -2.41. The van der Waals surface area contributed by atoms with Crippen molar-refractivity contribution in [3.63, 3.8) is 0 Å². The Bertz CT molecular complexity index is 679. The maximum Gasteiger partial charge on any atom is 0.192 e. The number of rotatable bonds is 4. The zero-order valence-electron chi connectivity index (χ0n) is 14.1. The second kappa shape index (κ2) is 6.20. The number of pyridine rings is 1. The van der Waals surface area contributed by atoms with Crippen LogP contribution >= 0.6 is 22.6 Å². The summed E-state index contributed by atoms with van der Waals surface area (Å²) in [5, 5.41) is 1.04. The molecular weight excluding hydrogens is 410 g/mol. The monoisotopic (exact) mass is 434 g/mol. The topological polar surface area (TPSA) is 27.1 Å². The number of hydrogen-bond acceptors (Lipinski definition) is 2. The molecule has 0 aliphatic heterocycles. The first-order valence-electron chi connectivity index (χ1n) is 7.48. The van der Waals surface area contributed by atoms with E-state index in [1.165, 1.54) is 6.20 Å². The Morgan fingerprint density at radius 2 is 2.00 bits per heavy atom. The molecule has 0 bridgehead atoms. The number of hydrogen-bond donors (Lipinski definition) is 0. The van der Waals surface area contributed by atoms with Gasteiger partial charge in [0, 0.05) is 21.4 Å². The van der Waals surface area contributed by atoms with Crippen molar-refractivity contribution in [1.29, 1.82) is 0 Å². The summed E-state index contributed by atoms with van der Waals surface area (Å²) in [4.78, 5) is 3.95. The van der Waals surface area contributed by atoms with Crippen LogP contribution in [0.2, 0.25) is 18.1 Å². The molecule has 2 aromatic heterocycles. The van der Waals surface area contributed by atoms with Crippen LogP contribution in [-0.4, -0.2) is 24.5 Å². The molecule has 2 aromatic rings. The minimum Gasteiger partial charge on any atom is -0.415 e. The highest BCUT2D eigenvalue weighted by Crippen LogP contribution is 2.37. The van der Waals surface area contributed by atoms with E-state index in [0.29, 0.717) is 12.1 Å². The molecule has 6 heteroatoms. The first-order chi connectivity index (χ1) is 10.0. The third-order valence-electron chi connectivity index (χ3n) is 4.61. The summed E-state index contributed by atoms with van der Waals surface area (Å²) in [7, 11) is -1.80. The van der Waals surface area contributed by atoms with Gasteiger partial charge in [-0.3, -0.25) is 4.98 Å². The molecule has 0 amide bonds. The van der Waals surface area contributed by atoms with E-state index in [1.54, 1.807) is 6.20 Å². The van der Waals surface area contributed by atoms with Gasteiger partial charge in [0.2, 0.25) is 0 Å². The van der Waals surface area contributed by atoms with Crippen LogP contribution in [0.1, 0.15) is 33.7 Å². The van der Waals surface area contributed by atoms with Crippen molar-refractivity contribution in [2.45, 2.75) is 51.9 Å². The number of nitrogens with zero attached hydrogens (tertiary/aromatic N) is 2. The molecule has 122 valence electrons. The molecule has 0 aliphatic rings. The molecule has 2 heterocycles. The third kappa shape index (κ3) is 3.38. The summed E-state index contributed by atoms with van der Waals surface area (Å²) < 4.78 is 23.4. The largest absolute Gasteiger partial charge is 0.415 e. The Morgan fingerprint density at radius 3 is 2.59 bits per heavy atom. The van der Waals surface area contributed by atoms with Crippen LogP contribution in [0.4, 0.5) is 4.39 Å². The summed E-state index contributed by atoms with van der Waals surface area (Å²) in [6.07, 6.45) is 4.98. The summed E-state index contributed by atoms with van der Waals surface area (Å²) in [6, 6.07) is 0.0806. The van der Waals surface area contributed by atoms with Gasteiger partial charge in [0.1, 0.15) is 0 Å². The molecular formula is C16H24FIN2OSi. The van der Waals surface area contributed by atoms with E-state index in [0.717, 1.165) is 8.96 Å². The van der Waals surface area contributed by atoms with Gasteiger partial charge >= 0.3 is 0 Å². The summed E-state index contributed by atoms with van der Waals surface area (Å²) in [5.74, 6) is -0.278. The Morgan fingerprint density at radius 1 is 1.36 bits per heavy atom. The molecule has 0 aliphatic carbocycles. The Kier molecular flexibility index (Phi) is 5.04. The highest BCUT2D eigenvalue weighted by molar-refractivity contribution is 14.1. The normalized spacial score (nSPS) is 14.5. The van der Waals surface area contributed by atoms with Crippen LogP contribution < -0.4 is 0 Å². The average Bonchev–Trinajstić information content (AvgIpc) is 2.74. The van der Waals surface area contributed by atoms with Crippen LogP contribution in [0, 0.1) is 9.39 Å². The maximum absolute atomic E-state index is 14.2. The minimum atomic E-state index is -1.80. The van der Waals surface area contributed by atoms with Gasteiger partial charge in [0.25, 0.3) is 0 Å². The Balaban J connectivity index is 2.26. The minimum absolute atomic E-state index is 0.0806. The van der Waals surface area contributed by atoms with E-state index in [1.807, 2.05) is 10.8 Å². The smallest absolute Gasteiger partial charge is 0.192 e. The fourth-order valence-electron chi connectivity index (χ4n) is 2.09. The summed E-state index contributed by atoms with van der Waals surface area (Å²) >= 11 is 2.23. The van der Waals surface area contributed by atoms with Gasteiger partial charge in [-0.2, -0.15) is 0 Å². The van der Waals surface area contributed by atoms with Gasteiger partial charge in [0.15, 0.2) is 14.1 Å². The van der Waals surface area contributed by atoms with Crippen LogP contribution in [0.25, 0.3) is 10.9 Å². The molecule has 3 nitrogen and oxygen atoms in total. The third-order valence-corrected chi connectivity index (χ3v) is 9.97. The van der Waals surface area contributed by atoms with Crippen molar-refractivity contribution in [2.24, 2.45) is 0 Å². The zero-order chi connectivity index (χ0) is 16.7. The number of halogens is 2. The van der Waals surface area contributed by atoms with Gasteiger partial charge in [-0.25, -0.2) is 4.39 Å². The van der Waals surface area contributed by atoms with E-state index in [4.69, 9.17) is 4.43 Å². The molecule has 0 N–H and O–H groups in total. The fourth-order valence-corrected chi connectivity index (χ4v) is 3.88. The lowest BCUT2D eigenvalue weighted by atomic mass is 10.2. The predicted molar refractivity (Wildman–Crippen MR) is 100 cm³/mol. The van der Waals surface area contributed by atoms with E-state index < -0.39 is 8.32 Å². The van der Waals surface area contributed by atoms with Crippen LogP contribution in [0.5, 0.6) is 0 Å². The molecule has 0 saturated heterocycles. The highest BCUT2D eigenvalue weighted by atomic mass is 127. The molecule has 22 heavy (non-hydrogen) atoms. The Hall–Kier alpha value is -0.473. The number of aromatic nitrogens is 2. The van der Waals surface area contributed by atoms with Gasteiger partial charge < -0.3 is 8.99 Å². The van der Waals surface area contributed by atoms with Gasteiger partial charge in [0.05, 0.1) is 24.4 Å². The van der Waals surface area contributed by atoms with E-state index in [9.17, 15) is 4.39 Å². The summed E-state index contributed by atoms with van der Waals surface area (Å²) in [5.41, 5.74) is 0.616. The average molecular weight is 434 g/mol. The fraction of sp³-hybridized carbons (Fsp3) is 0.562. The van der Waals surface area contributed by atoms with Gasteiger partial charge in [-0.1, -0.05) is 20.8 Å². The van der Waals surface area contributed by atoms with Crippen LogP contribution in [-0.2, 0) is 4.43 Å². The van der Waals surface area contributed by atoms with Gasteiger partial charge in [-0.15, -0.1) is 0 Å². The second-order valence-corrected chi connectivity index (χ2v) is 13.3. The van der Waals surface area contributed by atoms with Crippen molar-refractivity contribution in [3.8, 4) is 0 Å². The van der Waals surface area contributed by atoms with Crippen molar-refractivity contribution >= 4 is 41.8 Å². The van der Waals surface area contributed by atoms with Crippen molar-refractivity contribution < 1.29 is 8.82 Å². The predicted octanol–water partition coefficient (Wildman–Crippen LogP) is 5.36. The molecule has 0 fully saturated rings. The van der Waals surface area contributed by atoms with Crippen molar-refractivity contribution in [1.82, 2.24) is 9.55 Å². The van der Waals surface area contributed by atoms with Gasteiger partial charge in [-0.05, 0) is 47.6 Å². The lowest BCUT2D eigenvalue weighted by Gasteiger charge is -2.37.